The average Bonchev–Trinajstić information content (AvgIpc) is 3.58. The molecule has 4 heterocycles. The quantitative estimate of drug-likeness (QED) is 0.169. The van der Waals surface area contributed by atoms with Crippen LogP contribution < -0.4 is 14.4 Å². The van der Waals surface area contributed by atoms with Gasteiger partial charge in [-0.3, -0.25) is 4.90 Å². The molecular formula is C35H38F2N4O4. The Balaban J connectivity index is 1.14. The summed E-state index contributed by atoms with van der Waals surface area (Å²) in [5, 5.41) is 12.5. The second-order valence-corrected chi connectivity index (χ2v) is 12.3. The summed E-state index contributed by atoms with van der Waals surface area (Å²) in [5.74, 6) is 0.271. The Morgan fingerprint density at radius 2 is 1.93 bits per heavy atom. The maximum atomic E-state index is 15.1. The summed E-state index contributed by atoms with van der Waals surface area (Å²) >= 11 is 0. The van der Waals surface area contributed by atoms with E-state index >= 15 is 4.39 Å². The van der Waals surface area contributed by atoms with Gasteiger partial charge in [0.05, 0.1) is 24.4 Å². The molecule has 3 aliphatic rings. The monoisotopic (exact) mass is 616 g/mol. The smallest absolute Gasteiger partial charge is 0.320 e. The van der Waals surface area contributed by atoms with E-state index in [4.69, 9.17) is 19.2 Å². The molecule has 2 fully saturated rings. The highest BCUT2D eigenvalue weighted by molar-refractivity contribution is 5.98. The molecule has 0 spiro atoms. The minimum absolute atomic E-state index is 0.0639. The molecule has 2 saturated heterocycles. The molecule has 0 bridgehead atoms. The number of hydrogen-bond donors (Lipinski definition) is 1. The van der Waals surface area contributed by atoms with Gasteiger partial charge in [-0.05, 0) is 60.9 Å². The van der Waals surface area contributed by atoms with Crippen molar-refractivity contribution in [3.05, 3.63) is 82.8 Å². The van der Waals surface area contributed by atoms with Gasteiger partial charge in [0.25, 0.3) is 0 Å². The van der Waals surface area contributed by atoms with Crippen molar-refractivity contribution in [2.24, 2.45) is 0 Å². The van der Waals surface area contributed by atoms with Gasteiger partial charge in [-0.15, -0.1) is 0 Å². The summed E-state index contributed by atoms with van der Waals surface area (Å²) in [7, 11) is 0. The number of aryl methyl sites for hydroxylation is 1. The number of aromatic nitrogens is 2. The molecule has 3 aromatic carbocycles. The van der Waals surface area contributed by atoms with E-state index in [0.29, 0.717) is 68.1 Å². The van der Waals surface area contributed by atoms with Gasteiger partial charge in [-0.25, -0.2) is 8.78 Å². The van der Waals surface area contributed by atoms with Gasteiger partial charge in [-0.2, -0.15) is 9.97 Å². The van der Waals surface area contributed by atoms with Crippen LogP contribution in [-0.4, -0.2) is 64.7 Å². The number of fused-ring (bicyclic) bond motifs is 3. The lowest BCUT2D eigenvalue weighted by Crippen LogP contribution is -2.43. The standard InChI is InChI=1S/C35H38F2N4O4/c1-2-27-29(37)10-9-24-15-26(45-22-43-20-23-7-4-3-5-8-23)16-31(32(24)27)40-14-11-28-30(19-40)38-34(39-33(28)42)44-21-35-12-6-13-41(35)18-25(36)17-35/h3-5,7-10,15-16,25H,2,6,11-14,17-22H2,1H3,(H,38,39,42)/t25-,35+/m1/s1. The molecule has 2 atom stereocenters. The zero-order valence-electron chi connectivity index (χ0n) is 25.5. The summed E-state index contributed by atoms with van der Waals surface area (Å²) < 4.78 is 47.2. The number of rotatable bonds is 10. The molecule has 10 heteroatoms. The van der Waals surface area contributed by atoms with Gasteiger partial charge >= 0.3 is 6.01 Å². The van der Waals surface area contributed by atoms with Crippen LogP contribution in [0, 0.1) is 5.82 Å². The molecule has 1 N–H and O–H groups in total. The Hall–Kier alpha value is -4.02. The molecule has 1 aromatic heterocycles. The number of halogens is 2. The van der Waals surface area contributed by atoms with Gasteiger partial charge in [0.1, 0.15) is 24.3 Å². The number of alkyl halides is 1. The topological polar surface area (TPSA) is 80.2 Å². The fraction of sp³-hybridized carbons (Fsp3) is 0.429. The van der Waals surface area contributed by atoms with Crippen molar-refractivity contribution in [1.82, 2.24) is 14.9 Å². The zero-order valence-corrected chi connectivity index (χ0v) is 25.5. The van der Waals surface area contributed by atoms with E-state index in [1.165, 1.54) is 6.07 Å². The minimum Gasteiger partial charge on any atom is -0.493 e. The number of ether oxygens (including phenoxy) is 3. The fourth-order valence-electron chi connectivity index (χ4n) is 7.29. The van der Waals surface area contributed by atoms with E-state index in [2.05, 4.69) is 14.8 Å². The van der Waals surface area contributed by atoms with Crippen molar-refractivity contribution in [3.63, 3.8) is 0 Å². The largest absolute Gasteiger partial charge is 0.493 e. The highest BCUT2D eigenvalue weighted by atomic mass is 19.1. The zero-order chi connectivity index (χ0) is 31.0. The normalized spacial score (nSPS) is 21.2. The Morgan fingerprint density at radius 3 is 2.78 bits per heavy atom. The van der Waals surface area contributed by atoms with Gasteiger partial charge < -0.3 is 24.2 Å². The highest BCUT2D eigenvalue weighted by Gasteiger charge is 2.49. The van der Waals surface area contributed by atoms with E-state index < -0.39 is 6.17 Å². The van der Waals surface area contributed by atoms with Crippen LogP contribution in [0.3, 0.4) is 0 Å². The van der Waals surface area contributed by atoms with Gasteiger partial charge in [-0.1, -0.05) is 43.3 Å². The Labute approximate surface area is 261 Å². The molecule has 0 amide bonds. The van der Waals surface area contributed by atoms with Gasteiger partial charge in [0.15, 0.2) is 6.79 Å². The number of benzene rings is 3. The summed E-state index contributed by atoms with van der Waals surface area (Å²) in [5.41, 5.74) is 3.51. The van der Waals surface area contributed by atoms with Crippen LogP contribution in [0.25, 0.3) is 10.8 Å². The Kier molecular flexibility index (Phi) is 8.18. The first kappa shape index (κ1) is 29.7. The van der Waals surface area contributed by atoms with Crippen molar-refractivity contribution >= 4 is 16.5 Å². The molecule has 45 heavy (non-hydrogen) atoms. The van der Waals surface area contributed by atoms with Crippen LogP contribution in [0.2, 0.25) is 0 Å². The SMILES string of the molecule is CCc1c(F)ccc2cc(OCOCc3ccccc3)cc(N3CCc4c(O)nc(OC[C@@]56CCCN5C[C@H](F)C6)nc4C3)c12. The number of aromatic hydroxyl groups is 1. The van der Waals surface area contributed by atoms with Crippen molar-refractivity contribution in [3.8, 4) is 17.6 Å². The minimum atomic E-state index is -0.858. The summed E-state index contributed by atoms with van der Waals surface area (Å²) in [6.45, 7) is 4.97. The molecule has 8 nitrogen and oxygen atoms in total. The van der Waals surface area contributed by atoms with E-state index in [0.717, 1.165) is 41.4 Å². The summed E-state index contributed by atoms with van der Waals surface area (Å²) in [6, 6.07) is 17.1. The van der Waals surface area contributed by atoms with Crippen LogP contribution >= 0.6 is 0 Å². The van der Waals surface area contributed by atoms with E-state index in [1.54, 1.807) is 6.07 Å². The average molecular weight is 617 g/mol. The molecule has 3 aliphatic heterocycles. The van der Waals surface area contributed by atoms with Crippen LogP contribution in [0.4, 0.5) is 14.5 Å². The Morgan fingerprint density at radius 1 is 1.07 bits per heavy atom. The third kappa shape index (κ3) is 5.89. The lowest BCUT2D eigenvalue weighted by Gasteiger charge is -2.33. The van der Waals surface area contributed by atoms with E-state index in [9.17, 15) is 9.50 Å². The second-order valence-electron chi connectivity index (χ2n) is 12.3. The molecule has 236 valence electrons. The van der Waals surface area contributed by atoms with Crippen molar-refractivity contribution in [1.29, 1.82) is 0 Å². The lowest BCUT2D eigenvalue weighted by atomic mass is 9.95. The van der Waals surface area contributed by atoms with Gasteiger partial charge in [0.2, 0.25) is 5.88 Å². The second kappa shape index (κ2) is 12.4. The third-order valence-electron chi connectivity index (χ3n) is 9.49. The number of nitrogens with zero attached hydrogens (tertiary/aromatic N) is 4. The predicted molar refractivity (Wildman–Crippen MR) is 167 cm³/mol. The first-order valence-electron chi connectivity index (χ1n) is 15.8. The first-order chi connectivity index (χ1) is 21.9. The first-order valence-corrected chi connectivity index (χ1v) is 15.8. The molecule has 0 radical (unpaired) electrons. The summed E-state index contributed by atoms with van der Waals surface area (Å²) in [6.07, 6.45) is 2.50. The maximum Gasteiger partial charge on any atom is 0.320 e. The highest BCUT2D eigenvalue weighted by Crippen LogP contribution is 2.41. The number of anilines is 1. The van der Waals surface area contributed by atoms with E-state index in [-0.39, 0.29) is 36.6 Å². The van der Waals surface area contributed by atoms with Crippen molar-refractivity contribution in [2.75, 3.05) is 37.9 Å². The molecular weight excluding hydrogens is 578 g/mol. The van der Waals surface area contributed by atoms with E-state index in [1.807, 2.05) is 49.4 Å². The fourth-order valence-corrected chi connectivity index (χ4v) is 7.29. The van der Waals surface area contributed by atoms with Crippen LogP contribution in [0.15, 0.2) is 54.6 Å². The molecule has 7 rings (SSSR count). The predicted octanol–water partition coefficient (Wildman–Crippen LogP) is 6.11. The number of hydrogen-bond acceptors (Lipinski definition) is 8. The molecule has 0 aliphatic carbocycles. The molecule has 0 saturated carbocycles. The van der Waals surface area contributed by atoms with Crippen LogP contribution in [-0.2, 0) is 30.7 Å². The molecule has 4 aromatic rings. The summed E-state index contributed by atoms with van der Waals surface area (Å²) in [4.78, 5) is 13.3. The lowest BCUT2D eigenvalue weighted by molar-refractivity contribution is 0.00514. The Bertz CT molecular complexity index is 1690. The van der Waals surface area contributed by atoms with Crippen molar-refractivity contribution in [2.45, 2.75) is 63.9 Å². The third-order valence-corrected chi connectivity index (χ3v) is 9.49. The molecule has 0 unspecified atom stereocenters. The maximum absolute atomic E-state index is 15.1. The van der Waals surface area contributed by atoms with Crippen LogP contribution in [0.5, 0.6) is 17.6 Å². The van der Waals surface area contributed by atoms with Gasteiger partial charge in [0, 0.05) is 42.2 Å². The van der Waals surface area contributed by atoms with Crippen LogP contribution in [0.1, 0.15) is 48.6 Å². The van der Waals surface area contributed by atoms with Crippen molar-refractivity contribution < 1.29 is 28.1 Å².